The highest BCUT2D eigenvalue weighted by Gasteiger charge is 2.69. The second kappa shape index (κ2) is 5.67. The Balaban J connectivity index is 1.79. The van der Waals surface area contributed by atoms with Crippen LogP contribution in [0.15, 0.2) is 11.6 Å². The first-order chi connectivity index (χ1) is 12.6. The summed E-state index contributed by atoms with van der Waals surface area (Å²) in [5.74, 6) is -1.77. The highest BCUT2D eigenvalue weighted by molar-refractivity contribution is 6.12. The van der Waals surface area contributed by atoms with E-state index < -0.39 is 34.7 Å². The zero-order valence-corrected chi connectivity index (χ0v) is 15.8. The van der Waals surface area contributed by atoms with Gasteiger partial charge in [-0.05, 0) is 50.5 Å². The number of rotatable bonds is 2. The van der Waals surface area contributed by atoms with Gasteiger partial charge in [0.1, 0.15) is 18.0 Å². The SMILES string of the molecule is C[C@]12C(=O)CC(=O)C=C1CC[C@@H]1[C@@H]2C(=O)C[C@@]2(C)[C@H]1CC[C@]2(O)C(=O)CO. The van der Waals surface area contributed by atoms with Crippen LogP contribution in [-0.2, 0) is 19.2 Å². The van der Waals surface area contributed by atoms with E-state index in [1.807, 2.05) is 0 Å². The maximum Gasteiger partial charge on any atom is 0.190 e. The third-order valence-electron chi connectivity index (χ3n) is 8.30. The molecular weight excluding hydrogens is 348 g/mol. The van der Waals surface area contributed by atoms with Gasteiger partial charge in [0.2, 0.25) is 0 Å². The molecule has 0 aromatic rings. The lowest BCUT2D eigenvalue weighted by Crippen LogP contribution is -2.62. The molecule has 0 heterocycles. The lowest BCUT2D eigenvalue weighted by molar-refractivity contribution is -0.172. The van der Waals surface area contributed by atoms with Gasteiger partial charge in [-0.1, -0.05) is 12.5 Å². The van der Waals surface area contributed by atoms with Crippen LogP contribution in [-0.4, -0.2) is 45.6 Å². The molecule has 4 rings (SSSR count). The second-order valence-corrected chi connectivity index (χ2v) is 9.27. The number of carbonyl (C=O) groups is 4. The van der Waals surface area contributed by atoms with E-state index >= 15 is 0 Å². The zero-order chi connectivity index (χ0) is 19.8. The molecule has 4 aliphatic rings. The highest BCUT2D eigenvalue weighted by Crippen LogP contribution is 2.66. The van der Waals surface area contributed by atoms with Crippen molar-refractivity contribution < 1.29 is 29.4 Å². The van der Waals surface area contributed by atoms with E-state index in [4.69, 9.17) is 0 Å². The van der Waals surface area contributed by atoms with E-state index in [-0.39, 0.29) is 48.4 Å². The van der Waals surface area contributed by atoms with Crippen molar-refractivity contribution in [2.45, 2.75) is 58.0 Å². The van der Waals surface area contributed by atoms with Gasteiger partial charge in [0.15, 0.2) is 17.3 Å². The molecule has 0 saturated heterocycles. The van der Waals surface area contributed by atoms with Gasteiger partial charge in [-0.3, -0.25) is 19.2 Å². The van der Waals surface area contributed by atoms with Crippen LogP contribution in [0.25, 0.3) is 0 Å². The van der Waals surface area contributed by atoms with E-state index in [9.17, 15) is 29.4 Å². The summed E-state index contributed by atoms with van der Waals surface area (Å²) in [6.45, 7) is 2.84. The maximum absolute atomic E-state index is 13.3. The van der Waals surface area contributed by atoms with Gasteiger partial charge in [-0.15, -0.1) is 0 Å². The molecular formula is C21H26O6. The Morgan fingerprint density at radius 2 is 1.93 bits per heavy atom. The van der Waals surface area contributed by atoms with Crippen molar-refractivity contribution >= 4 is 23.1 Å². The summed E-state index contributed by atoms with van der Waals surface area (Å²) in [4.78, 5) is 50.4. The van der Waals surface area contributed by atoms with Crippen LogP contribution in [0.4, 0.5) is 0 Å². The van der Waals surface area contributed by atoms with Gasteiger partial charge in [0.25, 0.3) is 0 Å². The van der Waals surface area contributed by atoms with Crippen LogP contribution in [0.2, 0.25) is 0 Å². The van der Waals surface area contributed by atoms with Crippen LogP contribution in [0.5, 0.6) is 0 Å². The minimum atomic E-state index is -1.70. The van der Waals surface area contributed by atoms with Gasteiger partial charge in [0.05, 0.1) is 11.8 Å². The predicted octanol–water partition coefficient (Wildman–Crippen LogP) is 1.17. The summed E-state index contributed by atoms with van der Waals surface area (Å²) in [6, 6.07) is 0. The van der Waals surface area contributed by atoms with Gasteiger partial charge >= 0.3 is 0 Å². The molecule has 0 unspecified atom stereocenters. The Kier molecular flexibility index (Phi) is 3.93. The van der Waals surface area contributed by atoms with Crippen LogP contribution in [0.3, 0.4) is 0 Å². The summed E-state index contributed by atoms with van der Waals surface area (Å²) in [6.07, 6.45) is 3.49. The Hall–Kier alpha value is -1.66. The van der Waals surface area contributed by atoms with Crippen LogP contribution < -0.4 is 0 Å². The van der Waals surface area contributed by atoms with E-state index in [0.717, 1.165) is 5.57 Å². The minimum absolute atomic E-state index is 0.0190. The van der Waals surface area contributed by atoms with Crippen molar-refractivity contribution in [3.8, 4) is 0 Å². The molecule has 3 saturated carbocycles. The van der Waals surface area contributed by atoms with Gasteiger partial charge < -0.3 is 10.2 Å². The molecule has 27 heavy (non-hydrogen) atoms. The molecule has 0 bridgehead atoms. The van der Waals surface area contributed by atoms with Crippen molar-refractivity contribution in [3.63, 3.8) is 0 Å². The Morgan fingerprint density at radius 1 is 1.22 bits per heavy atom. The molecule has 0 aromatic heterocycles. The normalized spacial score (nSPS) is 46.4. The molecule has 6 heteroatoms. The monoisotopic (exact) mass is 374 g/mol. The van der Waals surface area contributed by atoms with Gasteiger partial charge in [-0.2, -0.15) is 0 Å². The molecule has 2 N–H and O–H groups in total. The first kappa shape index (κ1) is 18.7. The molecule has 0 radical (unpaired) electrons. The van der Waals surface area contributed by atoms with Crippen molar-refractivity contribution in [2.75, 3.05) is 6.61 Å². The van der Waals surface area contributed by atoms with Crippen molar-refractivity contribution in [3.05, 3.63) is 11.6 Å². The highest BCUT2D eigenvalue weighted by atomic mass is 16.3. The molecule has 6 atom stereocenters. The maximum atomic E-state index is 13.3. The van der Waals surface area contributed by atoms with Crippen molar-refractivity contribution in [1.82, 2.24) is 0 Å². The lowest BCUT2D eigenvalue weighted by atomic mass is 9.45. The number of ketones is 4. The number of hydrogen-bond donors (Lipinski definition) is 2. The average Bonchev–Trinajstić information content (AvgIpc) is 2.87. The summed E-state index contributed by atoms with van der Waals surface area (Å²) in [7, 11) is 0. The van der Waals surface area contributed by atoms with Crippen molar-refractivity contribution in [1.29, 1.82) is 0 Å². The van der Waals surface area contributed by atoms with Crippen molar-refractivity contribution in [2.24, 2.45) is 28.6 Å². The van der Waals surface area contributed by atoms with Crippen LogP contribution >= 0.6 is 0 Å². The molecule has 0 amide bonds. The first-order valence-corrected chi connectivity index (χ1v) is 9.76. The Labute approximate surface area is 158 Å². The second-order valence-electron chi connectivity index (χ2n) is 9.27. The number of allylic oxidation sites excluding steroid dienone is 1. The standard InChI is InChI=1S/C21H26O6/c1-19-9-15(24)18-13(14(19)5-6-21(19,27)17(26)10-22)4-3-11-7-12(23)8-16(25)20(11,18)2/h7,13-14,18,22,27H,3-6,8-10H2,1-2H3/t13-,14-,18+,19-,20+,21-/m0/s1. The average molecular weight is 374 g/mol. The summed E-state index contributed by atoms with van der Waals surface area (Å²) < 4.78 is 0. The van der Waals surface area contributed by atoms with E-state index in [1.165, 1.54) is 0 Å². The van der Waals surface area contributed by atoms with Crippen LogP contribution in [0, 0.1) is 28.6 Å². The lowest BCUT2D eigenvalue weighted by Gasteiger charge is -2.56. The number of fused-ring (bicyclic) bond motifs is 5. The fourth-order valence-corrected chi connectivity index (χ4v) is 6.83. The summed E-state index contributed by atoms with van der Waals surface area (Å²) in [5.41, 5.74) is -2.80. The smallest absolute Gasteiger partial charge is 0.190 e. The topological polar surface area (TPSA) is 109 Å². The first-order valence-electron chi connectivity index (χ1n) is 9.76. The Morgan fingerprint density at radius 3 is 2.59 bits per heavy atom. The fraction of sp³-hybridized carbons (Fsp3) is 0.714. The molecule has 6 nitrogen and oxygen atoms in total. The van der Waals surface area contributed by atoms with E-state index in [1.54, 1.807) is 19.9 Å². The number of aliphatic hydroxyl groups excluding tert-OH is 1. The molecule has 4 aliphatic carbocycles. The number of carbonyl (C=O) groups excluding carboxylic acids is 4. The molecule has 3 fully saturated rings. The summed E-state index contributed by atoms with van der Waals surface area (Å²) >= 11 is 0. The van der Waals surface area contributed by atoms with Crippen LogP contribution in [0.1, 0.15) is 52.4 Å². The molecule has 146 valence electrons. The third kappa shape index (κ3) is 2.14. The Bertz CT molecular complexity index is 796. The molecule has 0 aliphatic heterocycles. The van der Waals surface area contributed by atoms with Gasteiger partial charge in [0, 0.05) is 17.8 Å². The number of aliphatic hydroxyl groups is 2. The quantitative estimate of drug-likeness (QED) is 0.703. The fourth-order valence-electron chi connectivity index (χ4n) is 6.83. The molecule has 0 spiro atoms. The third-order valence-corrected chi connectivity index (χ3v) is 8.30. The summed E-state index contributed by atoms with van der Waals surface area (Å²) in [5, 5.41) is 20.5. The molecule has 0 aromatic carbocycles. The van der Waals surface area contributed by atoms with E-state index in [0.29, 0.717) is 19.3 Å². The van der Waals surface area contributed by atoms with Gasteiger partial charge in [-0.25, -0.2) is 0 Å². The largest absolute Gasteiger partial charge is 0.388 e. The number of hydrogen-bond acceptors (Lipinski definition) is 6. The number of Topliss-reactive ketones (excluding diaryl/α,β-unsaturated/α-hetero) is 3. The van der Waals surface area contributed by atoms with E-state index in [2.05, 4.69) is 0 Å². The zero-order valence-electron chi connectivity index (χ0n) is 15.8. The minimum Gasteiger partial charge on any atom is -0.388 e. The predicted molar refractivity (Wildman–Crippen MR) is 94.5 cm³/mol.